The quantitative estimate of drug-likeness (QED) is 0.454. The van der Waals surface area contributed by atoms with E-state index in [-0.39, 0.29) is 29.1 Å². The average Bonchev–Trinajstić information content (AvgIpc) is 3.65. The molecule has 6 rings (SSSR count). The van der Waals surface area contributed by atoms with Crippen LogP contribution in [0.1, 0.15) is 57.5 Å². The van der Waals surface area contributed by atoms with Gasteiger partial charge in [-0.25, -0.2) is 24.1 Å². The Morgan fingerprint density at radius 3 is 2.70 bits per heavy atom. The lowest BCUT2D eigenvalue weighted by Gasteiger charge is -2.47. The minimum Gasteiger partial charge on any atom is -0.444 e. The van der Waals surface area contributed by atoms with Gasteiger partial charge in [-0.1, -0.05) is 0 Å². The number of hydrogen-bond acceptors (Lipinski definition) is 10. The van der Waals surface area contributed by atoms with Crippen LogP contribution in [0, 0.1) is 22.6 Å². The van der Waals surface area contributed by atoms with Crippen molar-refractivity contribution in [1.82, 2.24) is 30.0 Å². The standard InChI is InChI=1S/C28H29FN8O3/c1-27(2,3)40-26(38)37-14-28(15-37)8-9-36(13-28)24-25(35-33-16-32-24)39-21-7-6-18(29)10-19(21)20-12-31-22(11-30)34-23(20)17-4-5-17/h6-7,10,12,16-17H,4-5,8-9,13-15H2,1-3H3. The van der Waals surface area contributed by atoms with Gasteiger partial charge >= 0.3 is 6.09 Å². The first-order chi connectivity index (χ1) is 19.1. The molecule has 2 aliphatic heterocycles. The Hall–Kier alpha value is -4.40. The van der Waals surface area contributed by atoms with Gasteiger partial charge in [-0.15, -0.1) is 10.2 Å². The zero-order valence-electron chi connectivity index (χ0n) is 22.6. The molecule has 0 radical (unpaired) electrons. The predicted octanol–water partition coefficient (Wildman–Crippen LogP) is 4.46. The maximum absolute atomic E-state index is 14.5. The summed E-state index contributed by atoms with van der Waals surface area (Å²) in [6.45, 7) is 8.17. The summed E-state index contributed by atoms with van der Waals surface area (Å²) in [5, 5.41) is 17.4. The minimum absolute atomic E-state index is 0.0564. The van der Waals surface area contributed by atoms with Gasteiger partial charge in [0.15, 0.2) is 5.82 Å². The molecule has 1 saturated carbocycles. The molecule has 3 fully saturated rings. The van der Waals surface area contributed by atoms with E-state index in [0.29, 0.717) is 54.6 Å². The summed E-state index contributed by atoms with van der Waals surface area (Å²) in [4.78, 5) is 29.3. The molecule has 1 amide bonds. The van der Waals surface area contributed by atoms with Gasteiger partial charge in [0.2, 0.25) is 5.82 Å². The second kappa shape index (κ2) is 9.66. The minimum atomic E-state index is -0.539. The third kappa shape index (κ3) is 5.11. The summed E-state index contributed by atoms with van der Waals surface area (Å²) < 4.78 is 26.2. The molecule has 3 aromatic rings. The number of nitrogens with zero attached hydrogens (tertiary/aromatic N) is 8. The number of carbonyl (C=O) groups excluding carboxylic acids is 1. The van der Waals surface area contributed by atoms with Gasteiger partial charge in [-0.3, -0.25) is 0 Å². The zero-order valence-corrected chi connectivity index (χ0v) is 22.6. The molecule has 0 atom stereocenters. The smallest absolute Gasteiger partial charge is 0.410 e. The van der Waals surface area contributed by atoms with E-state index in [4.69, 9.17) is 9.47 Å². The van der Waals surface area contributed by atoms with Crippen molar-refractivity contribution in [2.24, 2.45) is 5.41 Å². The molecular weight excluding hydrogens is 515 g/mol. The van der Waals surface area contributed by atoms with Crippen molar-refractivity contribution in [2.45, 2.75) is 51.6 Å². The first-order valence-corrected chi connectivity index (χ1v) is 13.3. The van der Waals surface area contributed by atoms with Crippen LogP contribution in [-0.2, 0) is 4.74 Å². The van der Waals surface area contributed by atoms with Crippen molar-refractivity contribution in [3.8, 4) is 28.8 Å². The SMILES string of the molecule is CC(C)(C)OC(=O)N1CC2(CCN(c3ncnnc3Oc3ccc(F)cc3-c3cnc(C#N)nc3C3CC3)C2)C1. The van der Waals surface area contributed by atoms with Crippen molar-refractivity contribution >= 4 is 11.9 Å². The van der Waals surface area contributed by atoms with E-state index < -0.39 is 11.4 Å². The molecule has 3 aliphatic rings. The van der Waals surface area contributed by atoms with Gasteiger partial charge < -0.3 is 19.3 Å². The highest BCUT2D eigenvalue weighted by Gasteiger charge is 2.51. The summed E-state index contributed by atoms with van der Waals surface area (Å²) in [5.41, 5.74) is 1.20. The van der Waals surface area contributed by atoms with E-state index in [2.05, 4.69) is 30.0 Å². The molecule has 0 bridgehead atoms. The summed E-state index contributed by atoms with van der Waals surface area (Å²) in [6, 6.07) is 6.20. The lowest BCUT2D eigenvalue weighted by atomic mass is 9.79. The van der Waals surface area contributed by atoms with Crippen LogP contribution in [0.5, 0.6) is 11.6 Å². The first-order valence-electron chi connectivity index (χ1n) is 13.3. The average molecular weight is 545 g/mol. The van der Waals surface area contributed by atoms with Crippen LogP contribution in [0.3, 0.4) is 0 Å². The van der Waals surface area contributed by atoms with Crippen LogP contribution in [0.4, 0.5) is 15.0 Å². The van der Waals surface area contributed by atoms with Crippen LogP contribution >= 0.6 is 0 Å². The van der Waals surface area contributed by atoms with Crippen molar-refractivity contribution < 1.29 is 18.7 Å². The summed E-state index contributed by atoms with van der Waals surface area (Å²) in [6.07, 6.45) is 5.39. The van der Waals surface area contributed by atoms with Crippen molar-refractivity contribution in [3.63, 3.8) is 0 Å². The number of likely N-dealkylation sites (tertiary alicyclic amines) is 1. The molecular formula is C28H29FN8O3. The van der Waals surface area contributed by atoms with E-state index in [1.165, 1.54) is 24.5 Å². The Balaban J connectivity index is 1.24. The molecule has 12 heteroatoms. The van der Waals surface area contributed by atoms with Crippen molar-refractivity contribution in [3.05, 3.63) is 48.1 Å². The van der Waals surface area contributed by atoms with E-state index in [1.807, 2.05) is 26.8 Å². The Morgan fingerprint density at radius 2 is 1.98 bits per heavy atom. The van der Waals surface area contributed by atoms with Gasteiger partial charge in [0, 0.05) is 54.8 Å². The van der Waals surface area contributed by atoms with Gasteiger partial charge in [0.25, 0.3) is 5.88 Å². The van der Waals surface area contributed by atoms with E-state index in [1.54, 1.807) is 11.1 Å². The molecule has 40 heavy (non-hydrogen) atoms. The predicted molar refractivity (Wildman–Crippen MR) is 141 cm³/mol. The Labute approximate surface area is 231 Å². The fourth-order valence-electron chi connectivity index (χ4n) is 5.36. The Kier molecular flexibility index (Phi) is 6.24. The molecule has 4 heterocycles. The molecule has 206 valence electrons. The van der Waals surface area contributed by atoms with Crippen LogP contribution in [0.15, 0.2) is 30.7 Å². The number of amides is 1. The number of benzene rings is 1. The largest absolute Gasteiger partial charge is 0.444 e. The van der Waals surface area contributed by atoms with Gasteiger partial charge in [0.1, 0.15) is 29.6 Å². The molecule has 1 spiro atoms. The maximum atomic E-state index is 14.5. The topological polar surface area (TPSA) is 130 Å². The number of rotatable bonds is 5. The number of halogens is 1. The maximum Gasteiger partial charge on any atom is 0.410 e. The van der Waals surface area contributed by atoms with E-state index in [0.717, 1.165) is 19.3 Å². The Bertz CT molecular complexity index is 1510. The fourth-order valence-corrected chi connectivity index (χ4v) is 5.36. The molecule has 2 saturated heterocycles. The molecule has 0 N–H and O–H groups in total. The van der Waals surface area contributed by atoms with Gasteiger partial charge in [-0.2, -0.15) is 5.26 Å². The first kappa shape index (κ1) is 25.9. The highest BCUT2D eigenvalue weighted by atomic mass is 19.1. The number of nitriles is 1. The lowest BCUT2D eigenvalue weighted by molar-refractivity contribution is -0.0266. The van der Waals surface area contributed by atoms with Crippen LogP contribution in [-0.4, -0.2) is 67.9 Å². The number of ether oxygens (including phenoxy) is 2. The van der Waals surface area contributed by atoms with Crippen LogP contribution < -0.4 is 9.64 Å². The van der Waals surface area contributed by atoms with E-state index >= 15 is 0 Å². The number of anilines is 1. The molecule has 11 nitrogen and oxygen atoms in total. The normalized spacial score (nSPS) is 17.9. The second-order valence-electron chi connectivity index (χ2n) is 11.7. The van der Waals surface area contributed by atoms with Gasteiger partial charge in [-0.05, 0) is 58.2 Å². The Morgan fingerprint density at radius 1 is 1.18 bits per heavy atom. The van der Waals surface area contributed by atoms with Crippen molar-refractivity contribution in [1.29, 1.82) is 5.26 Å². The summed E-state index contributed by atoms with van der Waals surface area (Å²) in [5.74, 6) is 0.906. The van der Waals surface area contributed by atoms with E-state index in [9.17, 15) is 14.4 Å². The molecule has 2 aromatic heterocycles. The summed E-state index contributed by atoms with van der Waals surface area (Å²) >= 11 is 0. The lowest BCUT2D eigenvalue weighted by Crippen LogP contribution is -2.60. The van der Waals surface area contributed by atoms with Gasteiger partial charge in [0.05, 0.1) is 5.69 Å². The molecule has 0 unspecified atom stereocenters. The van der Waals surface area contributed by atoms with Crippen LogP contribution in [0.25, 0.3) is 11.1 Å². The fraction of sp³-hybridized carbons (Fsp3) is 0.464. The van der Waals surface area contributed by atoms with Crippen LogP contribution in [0.2, 0.25) is 0 Å². The summed E-state index contributed by atoms with van der Waals surface area (Å²) in [7, 11) is 0. The second-order valence-corrected chi connectivity index (χ2v) is 11.7. The van der Waals surface area contributed by atoms with Crippen molar-refractivity contribution in [2.75, 3.05) is 31.1 Å². The highest BCUT2D eigenvalue weighted by molar-refractivity contribution is 5.74. The number of carbonyl (C=O) groups is 1. The molecule has 1 aromatic carbocycles. The highest BCUT2D eigenvalue weighted by Crippen LogP contribution is 2.47. The zero-order chi connectivity index (χ0) is 28.1. The number of aromatic nitrogens is 5. The molecule has 1 aliphatic carbocycles. The third-order valence-corrected chi connectivity index (χ3v) is 7.33. The monoisotopic (exact) mass is 544 g/mol. The number of hydrogen-bond donors (Lipinski definition) is 0. The third-order valence-electron chi connectivity index (χ3n) is 7.33.